The van der Waals surface area contributed by atoms with E-state index in [-0.39, 0.29) is 12.4 Å². The van der Waals surface area contributed by atoms with Crippen molar-refractivity contribution >= 4 is 5.97 Å². The molecule has 1 aromatic heterocycles. The molecule has 0 spiro atoms. The topological polar surface area (TPSA) is 56.5 Å². The summed E-state index contributed by atoms with van der Waals surface area (Å²) in [5.41, 5.74) is 1.49. The molecule has 1 aromatic carbocycles. The van der Waals surface area contributed by atoms with E-state index in [0.29, 0.717) is 22.6 Å². The van der Waals surface area contributed by atoms with Crippen LogP contribution < -0.4 is 10.4 Å². The molecule has 0 unspecified atom stereocenters. The van der Waals surface area contributed by atoms with Crippen molar-refractivity contribution in [1.29, 1.82) is 0 Å². The summed E-state index contributed by atoms with van der Waals surface area (Å²) >= 11 is 0. The van der Waals surface area contributed by atoms with Crippen molar-refractivity contribution in [3.05, 3.63) is 52.1 Å². The Bertz CT molecular complexity index is 744. The van der Waals surface area contributed by atoms with Gasteiger partial charge in [0, 0.05) is 18.4 Å². The van der Waals surface area contributed by atoms with Crippen LogP contribution in [0.25, 0.3) is 11.1 Å². The number of ether oxygens (including phenoxy) is 1. The van der Waals surface area contributed by atoms with Gasteiger partial charge >= 0.3 is 11.6 Å². The number of hydrogen-bond acceptors (Lipinski definition) is 4. The van der Waals surface area contributed by atoms with E-state index in [4.69, 9.17) is 9.15 Å². The molecule has 1 aliphatic carbocycles. The van der Waals surface area contributed by atoms with Crippen molar-refractivity contribution in [1.82, 2.24) is 0 Å². The first-order chi connectivity index (χ1) is 10.7. The highest BCUT2D eigenvalue weighted by molar-refractivity contribution is 5.78. The monoisotopic (exact) mass is 298 g/mol. The van der Waals surface area contributed by atoms with Crippen LogP contribution in [0.2, 0.25) is 0 Å². The molecule has 0 fully saturated rings. The molecule has 2 aromatic rings. The van der Waals surface area contributed by atoms with E-state index < -0.39 is 5.63 Å². The summed E-state index contributed by atoms with van der Waals surface area (Å²) in [5, 5.41) is 0. The Balaban J connectivity index is 2.23. The van der Waals surface area contributed by atoms with Gasteiger partial charge in [0.1, 0.15) is 11.3 Å². The molecule has 0 radical (unpaired) electrons. The fourth-order valence-electron chi connectivity index (χ4n) is 2.79. The second-order valence-electron chi connectivity index (χ2n) is 5.40. The summed E-state index contributed by atoms with van der Waals surface area (Å²) in [6, 6.07) is 9.22. The second-order valence-corrected chi connectivity index (χ2v) is 5.40. The van der Waals surface area contributed by atoms with Crippen molar-refractivity contribution in [2.75, 3.05) is 0 Å². The standard InChI is InChI=1S/C18H18O4/c1-2-15(19)22-17-13-10-6-7-11-14(13)21-18(20)16(17)12-8-4-3-5-9-12/h3-5,8-9H,2,6-7,10-11H2,1H3. The summed E-state index contributed by atoms with van der Waals surface area (Å²) < 4.78 is 11.0. The Kier molecular flexibility index (Phi) is 4.09. The number of aryl methyl sites for hydroxylation is 1. The first-order valence-corrected chi connectivity index (χ1v) is 7.65. The predicted octanol–water partition coefficient (Wildman–Crippen LogP) is 3.50. The quantitative estimate of drug-likeness (QED) is 0.814. The van der Waals surface area contributed by atoms with Gasteiger partial charge in [0.05, 0.1) is 0 Å². The van der Waals surface area contributed by atoms with E-state index in [2.05, 4.69) is 0 Å². The van der Waals surface area contributed by atoms with Crippen LogP contribution in [0.4, 0.5) is 0 Å². The fourth-order valence-corrected chi connectivity index (χ4v) is 2.79. The van der Waals surface area contributed by atoms with Crippen molar-refractivity contribution < 1.29 is 13.9 Å². The maximum absolute atomic E-state index is 12.4. The number of hydrogen-bond donors (Lipinski definition) is 0. The maximum Gasteiger partial charge on any atom is 0.347 e. The summed E-state index contributed by atoms with van der Waals surface area (Å²) in [7, 11) is 0. The van der Waals surface area contributed by atoms with E-state index in [1.54, 1.807) is 6.92 Å². The van der Waals surface area contributed by atoms with Crippen LogP contribution >= 0.6 is 0 Å². The number of carbonyl (C=O) groups excluding carboxylic acids is 1. The van der Waals surface area contributed by atoms with Gasteiger partial charge in [-0.3, -0.25) is 4.79 Å². The molecule has 114 valence electrons. The van der Waals surface area contributed by atoms with Crippen LogP contribution in [-0.4, -0.2) is 5.97 Å². The Morgan fingerprint density at radius 3 is 2.64 bits per heavy atom. The van der Waals surface area contributed by atoms with Gasteiger partial charge in [0.25, 0.3) is 0 Å². The summed E-state index contributed by atoms with van der Waals surface area (Å²) in [6.45, 7) is 1.74. The van der Waals surface area contributed by atoms with Gasteiger partial charge in [-0.25, -0.2) is 4.79 Å². The number of esters is 1. The molecule has 22 heavy (non-hydrogen) atoms. The average molecular weight is 298 g/mol. The summed E-state index contributed by atoms with van der Waals surface area (Å²) in [4.78, 5) is 24.2. The average Bonchev–Trinajstić information content (AvgIpc) is 2.55. The molecule has 1 aliphatic rings. The van der Waals surface area contributed by atoms with E-state index in [0.717, 1.165) is 31.2 Å². The third-order valence-corrected chi connectivity index (χ3v) is 3.91. The zero-order valence-corrected chi connectivity index (χ0v) is 12.6. The first kappa shape index (κ1) is 14.6. The van der Waals surface area contributed by atoms with E-state index in [9.17, 15) is 9.59 Å². The van der Waals surface area contributed by atoms with Gasteiger partial charge in [0.15, 0.2) is 5.75 Å². The third kappa shape index (κ3) is 2.69. The Labute approximate surface area is 128 Å². The zero-order valence-electron chi connectivity index (χ0n) is 12.6. The molecule has 0 N–H and O–H groups in total. The second kappa shape index (κ2) is 6.18. The minimum atomic E-state index is -0.439. The first-order valence-electron chi connectivity index (χ1n) is 7.65. The van der Waals surface area contributed by atoms with Crippen LogP contribution in [0, 0.1) is 0 Å². The van der Waals surface area contributed by atoms with Crippen LogP contribution in [0.1, 0.15) is 37.5 Å². The molecule has 1 heterocycles. The molecule has 0 bridgehead atoms. The van der Waals surface area contributed by atoms with Crippen LogP contribution in [0.5, 0.6) is 5.75 Å². The SMILES string of the molecule is CCC(=O)Oc1c2c(oc(=O)c1-c1ccccc1)CCCC2. The van der Waals surface area contributed by atoms with Gasteiger partial charge in [-0.05, 0) is 24.8 Å². The molecular formula is C18H18O4. The lowest BCUT2D eigenvalue weighted by Crippen LogP contribution is -2.18. The highest BCUT2D eigenvalue weighted by atomic mass is 16.5. The lowest BCUT2D eigenvalue weighted by atomic mass is 9.93. The Hall–Kier alpha value is -2.36. The lowest BCUT2D eigenvalue weighted by Gasteiger charge is -2.19. The smallest absolute Gasteiger partial charge is 0.347 e. The highest BCUT2D eigenvalue weighted by Crippen LogP contribution is 2.36. The summed E-state index contributed by atoms with van der Waals surface area (Å²) in [5.74, 6) is 0.717. The van der Waals surface area contributed by atoms with E-state index >= 15 is 0 Å². The molecular weight excluding hydrogens is 280 g/mol. The van der Waals surface area contributed by atoms with E-state index in [1.165, 1.54) is 0 Å². The van der Waals surface area contributed by atoms with Gasteiger partial charge in [0.2, 0.25) is 0 Å². The van der Waals surface area contributed by atoms with Crippen molar-refractivity contribution in [3.63, 3.8) is 0 Å². The largest absolute Gasteiger partial charge is 0.427 e. The zero-order chi connectivity index (χ0) is 15.5. The molecule has 4 nitrogen and oxygen atoms in total. The number of rotatable bonds is 3. The van der Waals surface area contributed by atoms with Crippen LogP contribution in [0.3, 0.4) is 0 Å². The number of benzene rings is 1. The van der Waals surface area contributed by atoms with Crippen LogP contribution in [0.15, 0.2) is 39.5 Å². The van der Waals surface area contributed by atoms with Crippen molar-refractivity contribution in [3.8, 4) is 16.9 Å². The molecule has 0 saturated carbocycles. The molecule has 4 heteroatoms. The molecule has 0 aliphatic heterocycles. The molecule has 0 atom stereocenters. The van der Waals surface area contributed by atoms with Crippen molar-refractivity contribution in [2.45, 2.75) is 39.0 Å². The minimum absolute atomic E-state index is 0.267. The number of fused-ring (bicyclic) bond motifs is 1. The maximum atomic E-state index is 12.4. The fraction of sp³-hybridized carbons (Fsp3) is 0.333. The third-order valence-electron chi connectivity index (χ3n) is 3.91. The van der Waals surface area contributed by atoms with Gasteiger partial charge in [-0.1, -0.05) is 37.3 Å². The molecule has 0 amide bonds. The Morgan fingerprint density at radius 1 is 1.18 bits per heavy atom. The van der Waals surface area contributed by atoms with E-state index in [1.807, 2.05) is 30.3 Å². The van der Waals surface area contributed by atoms with Gasteiger partial charge in [-0.2, -0.15) is 0 Å². The highest BCUT2D eigenvalue weighted by Gasteiger charge is 2.25. The van der Waals surface area contributed by atoms with Crippen LogP contribution in [-0.2, 0) is 17.6 Å². The predicted molar refractivity (Wildman–Crippen MR) is 83.0 cm³/mol. The summed E-state index contributed by atoms with van der Waals surface area (Å²) in [6.07, 6.45) is 3.75. The van der Waals surface area contributed by atoms with Gasteiger partial charge in [-0.15, -0.1) is 0 Å². The van der Waals surface area contributed by atoms with Crippen molar-refractivity contribution in [2.24, 2.45) is 0 Å². The number of carbonyl (C=O) groups is 1. The lowest BCUT2D eigenvalue weighted by molar-refractivity contribution is -0.134. The van der Waals surface area contributed by atoms with Gasteiger partial charge < -0.3 is 9.15 Å². The Morgan fingerprint density at radius 2 is 1.91 bits per heavy atom. The molecule has 0 saturated heterocycles. The minimum Gasteiger partial charge on any atom is -0.427 e. The normalized spacial score (nSPS) is 13.5. The molecule has 3 rings (SSSR count).